The maximum atomic E-state index is 13.3. The lowest BCUT2D eigenvalue weighted by atomic mass is 10.1. The first-order valence-electron chi connectivity index (χ1n) is 14.6. The molecule has 0 bridgehead atoms. The first-order chi connectivity index (χ1) is 24.0. The molecule has 50 heavy (non-hydrogen) atoms. The third kappa shape index (κ3) is 8.46. The summed E-state index contributed by atoms with van der Waals surface area (Å²) in [6.07, 6.45) is -5.61. The molecule has 1 fully saturated rings. The fourth-order valence-electron chi connectivity index (χ4n) is 4.77. The minimum Gasteiger partial charge on any atom is -0.459 e. The van der Waals surface area contributed by atoms with Crippen molar-refractivity contribution in [2.24, 2.45) is 0 Å². The van der Waals surface area contributed by atoms with E-state index in [0.717, 1.165) is 36.4 Å². The number of rotatable bonds is 13. The molecule has 0 saturated carbocycles. The lowest BCUT2D eigenvalue weighted by Gasteiger charge is -2.24. The zero-order valence-corrected chi connectivity index (χ0v) is 25.6. The second kappa shape index (κ2) is 15.5. The van der Waals surface area contributed by atoms with E-state index in [1.54, 1.807) is 30.3 Å². The molecule has 17 heteroatoms. The predicted octanol–water partition coefficient (Wildman–Crippen LogP) is 4.96. The summed E-state index contributed by atoms with van der Waals surface area (Å²) in [6.45, 7) is -0.661. The van der Waals surface area contributed by atoms with E-state index in [-0.39, 0.29) is 40.4 Å². The smallest absolute Gasteiger partial charge is 0.340 e. The normalized spacial score (nSPS) is 18.1. The molecular formula is C33H25N3O14. The molecule has 4 aromatic carbocycles. The van der Waals surface area contributed by atoms with E-state index in [1.807, 2.05) is 0 Å². The summed E-state index contributed by atoms with van der Waals surface area (Å²) in [5, 5.41) is 33.2. The second-order valence-corrected chi connectivity index (χ2v) is 10.6. The summed E-state index contributed by atoms with van der Waals surface area (Å²) in [5.74, 6) is -2.84. The summed E-state index contributed by atoms with van der Waals surface area (Å²) in [6, 6.07) is 22.5. The molecule has 0 unspecified atom stereocenters. The maximum Gasteiger partial charge on any atom is 0.340 e. The molecule has 256 valence electrons. The van der Waals surface area contributed by atoms with Gasteiger partial charge in [-0.05, 0) is 42.0 Å². The minimum absolute atomic E-state index is 0.0361. The quantitative estimate of drug-likeness (QED) is 0.0783. The number of carbonyl (C=O) groups excluding carboxylic acids is 3. The average molecular weight is 688 g/mol. The second-order valence-electron chi connectivity index (χ2n) is 10.6. The number of hydrogen-bond acceptors (Lipinski definition) is 14. The Morgan fingerprint density at radius 1 is 0.580 bits per heavy atom. The largest absolute Gasteiger partial charge is 0.459 e. The van der Waals surface area contributed by atoms with Crippen LogP contribution in [0, 0.1) is 30.3 Å². The van der Waals surface area contributed by atoms with Crippen molar-refractivity contribution in [3.8, 4) is 0 Å². The first kappa shape index (κ1) is 34.7. The van der Waals surface area contributed by atoms with Gasteiger partial charge in [-0.3, -0.25) is 30.3 Å². The van der Waals surface area contributed by atoms with Gasteiger partial charge < -0.3 is 23.7 Å². The van der Waals surface area contributed by atoms with E-state index in [0.29, 0.717) is 5.56 Å². The summed E-state index contributed by atoms with van der Waals surface area (Å²) in [7, 11) is 0. The van der Waals surface area contributed by atoms with Crippen molar-refractivity contribution in [1.82, 2.24) is 0 Å². The van der Waals surface area contributed by atoms with Gasteiger partial charge in [-0.1, -0.05) is 30.3 Å². The minimum atomic E-state index is -1.57. The van der Waals surface area contributed by atoms with Gasteiger partial charge in [0.25, 0.3) is 17.1 Å². The number of nitro groups is 3. The Hall–Kier alpha value is -6.59. The van der Waals surface area contributed by atoms with Gasteiger partial charge in [0.15, 0.2) is 12.2 Å². The van der Waals surface area contributed by atoms with Crippen LogP contribution < -0.4 is 0 Å². The monoisotopic (exact) mass is 687 g/mol. The topological polar surface area (TPSA) is 227 Å². The van der Waals surface area contributed by atoms with Crippen molar-refractivity contribution in [3.05, 3.63) is 156 Å². The molecule has 0 aromatic heterocycles. The van der Waals surface area contributed by atoms with Gasteiger partial charge in [0.05, 0.1) is 38.1 Å². The number of benzene rings is 4. The van der Waals surface area contributed by atoms with Crippen molar-refractivity contribution in [2.75, 3.05) is 6.61 Å². The molecule has 4 atom stereocenters. The summed E-state index contributed by atoms with van der Waals surface area (Å²) < 4.78 is 28.8. The summed E-state index contributed by atoms with van der Waals surface area (Å²) >= 11 is 0. The van der Waals surface area contributed by atoms with Crippen LogP contribution >= 0.6 is 0 Å². The van der Waals surface area contributed by atoms with Gasteiger partial charge in [0, 0.05) is 36.4 Å². The Morgan fingerprint density at radius 2 is 1.02 bits per heavy atom. The van der Waals surface area contributed by atoms with E-state index in [1.165, 1.54) is 36.4 Å². The van der Waals surface area contributed by atoms with E-state index >= 15 is 0 Å². The van der Waals surface area contributed by atoms with Gasteiger partial charge in [-0.25, -0.2) is 14.4 Å². The zero-order chi connectivity index (χ0) is 35.8. The molecular weight excluding hydrogens is 662 g/mol. The van der Waals surface area contributed by atoms with E-state index in [4.69, 9.17) is 23.7 Å². The Labute approximate surface area is 281 Å². The van der Waals surface area contributed by atoms with Crippen LogP contribution in [0.1, 0.15) is 36.6 Å². The predicted molar refractivity (Wildman–Crippen MR) is 168 cm³/mol. The highest BCUT2D eigenvalue weighted by molar-refractivity contribution is 5.91. The van der Waals surface area contributed by atoms with Crippen LogP contribution in [0.4, 0.5) is 17.1 Å². The van der Waals surface area contributed by atoms with E-state index < -0.39 is 63.9 Å². The average Bonchev–Trinajstić information content (AvgIpc) is 3.44. The van der Waals surface area contributed by atoms with Gasteiger partial charge in [-0.2, -0.15) is 0 Å². The van der Waals surface area contributed by atoms with Crippen molar-refractivity contribution >= 4 is 35.0 Å². The van der Waals surface area contributed by atoms with Gasteiger partial charge >= 0.3 is 17.9 Å². The standard InChI is InChI=1S/C33H25N3O14/c37-30(21-6-12-24(13-7-21)34(40)41)47-19-27-28(49-31(38)22-8-14-25(15-9-22)35(42)43)29(46-18-20-4-2-1-3-5-20)33(48-27)50-32(39)23-10-16-26(17-11-23)36(44)45/h1-17,27-29,33H,18-19H2/t27-,28+,29+,33+/m0/s1. The van der Waals surface area contributed by atoms with Gasteiger partial charge in [-0.15, -0.1) is 0 Å². The first-order valence-corrected chi connectivity index (χ1v) is 14.6. The van der Waals surface area contributed by atoms with E-state index in [2.05, 4.69) is 0 Å². The highest BCUT2D eigenvalue weighted by Gasteiger charge is 2.51. The fraction of sp³-hybridized carbons (Fsp3) is 0.182. The van der Waals surface area contributed by atoms with Gasteiger partial charge in [0.1, 0.15) is 12.7 Å². The molecule has 1 saturated heterocycles. The van der Waals surface area contributed by atoms with Crippen LogP contribution in [0.2, 0.25) is 0 Å². The molecule has 0 radical (unpaired) electrons. The number of carbonyl (C=O) groups is 3. The van der Waals surface area contributed by atoms with Crippen LogP contribution in [0.3, 0.4) is 0 Å². The fourth-order valence-corrected chi connectivity index (χ4v) is 4.77. The molecule has 0 spiro atoms. The molecule has 0 N–H and O–H groups in total. The van der Waals surface area contributed by atoms with Crippen LogP contribution in [-0.4, -0.2) is 63.9 Å². The highest BCUT2D eigenvalue weighted by atomic mass is 16.7. The highest BCUT2D eigenvalue weighted by Crippen LogP contribution is 2.31. The Kier molecular flexibility index (Phi) is 10.8. The maximum absolute atomic E-state index is 13.3. The molecule has 1 aliphatic rings. The van der Waals surface area contributed by atoms with Crippen LogP contribution in [0.15, 0.2) is 103 Å². The number of non-ortho nitro benzene ring substituents is 3. The molecule has 1 aliphatic heterocycles. The third-order valence-electron chi connectivity index (χ3n) is 7.34. The number of nitrogens with zero attached hydrogens (tertiary/aromatic N) is 3. The summed E-state index contributed by atoms with van der Waals surface area (Å²) in [4.78, 5) is 70.5. The number of hydrogen-bond donors (Lipinski definition) is 0. The van der Waals surface area contributed by atoms with Crippen molar-refractivity contribution < 1.29 is 52.8 Å². The van der Waals surface area contributed by atoms with Crippen molar-refractivity contribution in [2.45, 2.75) is 31.2 Å². The van der Waals surface area contributed by atoms with Crippen LogP contribution in [-0.2, 0) is 30.3 Å². The third-order valence-corrected chi connectivity index (χ3v) is 7.34. The zero-order valence-electron chi connectivity index (χ0n) is 25.6. The molecule has 0 amide bonds. The van der Waals surface area contributed by atoms with Crippen molar-refractivity contribution in [1.29, 1.82) is 0 Å². The van der Waals surface area contributed by atoms with E-state index in [9.17, 15) is 44.7 Å². The molecule has 0 aliphatic carbocycles. The lowest BCUT2D eigenvalue weighted by molar-refractivity contribution is -0.385. The van der Waals surface area contributed by atoms with Crippen LogP contribution in [0.25, 0.3) is 0 Å². The summed E-state index contributed by atoms with van der Waals surface area (Å²) in [5.41, 5.74) is -0.304. The molecule has 5 rings (SSSR count). The van der Waals surface area contributed by atoms with Gasteiger partial charge in [0.2, 0.25) is 6.29 Å². The number of ether oxygens (including phenoxy) is 5. The Morgan fingerprint density at radius 3 is 1.48 bits per heavy atom. The lowest BCUT2D eigenvalue weighted by Crippen LogP contribution is -2.41. The SMILES string of the molecule is O=C(OC[C@@H]1O[C@H](OC(=O)c2ccc([N+](=O)[O-])cc2)[C@H](OCc2ccccc2)[C@@H]1OC(=O)c1ccc([N+](=O)[O-])cc1)c1ccc([N+](=O)[O-])cc1. The van der Waals surface area contributed by atoms with Crippen molar-refractivity contribution in [3.63, 3.8) is 0 Å². The molecule has 4 aromatic rings. The van der Waals surface area contributed by atoms with Crippen LogP contribution in [0.5, 0.6) is 0 Å². The molecule has 17 nitrogen and oxygen atoms in total. The Balaban J connectivity index is 1.42. The Bertz CT molecular complexity index is 1880. The molecule has 1 heterocycles. The number of esters is 3. The number of nitro benzene ring substituents is 3.